The number of hydrogen-bond donors (Lipinski definition) is 0. The van der Waals surface area contributed by atoms with Crippen molar-refractivity contribution in [1.29, 1.82) is 5.26 Å². The van der Waals surface area contributed by atoms with E-state index < -0.39 is 0 Å². The van der Waals surface area contributed by atoms with E-state index >= 15 is 0 Å². The molecule has 1 aliphatic heterocycles. The molecule has 4 rings (SSSR count). The summed E-state index contributed by atoms with van der Waals surface area (Å²) < 4.78 is 11.2. The highest BCUT2D eigenvalue weighted by atomic mass is 32.2. The van der Waals surface area contributed by atoms with Crippen molar-refractivity contribution in [1.82, 2.24) is 4.90 Å². The molecule has 1 aliphatic carbocycles. The average molecular weight is 462 g/mol. The van der Waals surface area contributed by atoms with Crippen LogP contribution in [-0.4, -0.2) is 35.2 Å². The van der Waals surface area contributed by atoms with Gasteiger partial charge in [0, 0.05) is 6.04 Å². The van der Waals surface area contributed by atoms with Crippen LogP contribution in [0.15, 0.2) is 58.4 Å². The average Bonchev–Trinajstić information content (AvgIpc) is 3.14. The van der Waals surface area contributed by atoms with Gasteiger partial charge in [-0.3, -0.25) is 9.69 Å². The summed E-state index contributed by atoms with van der Waals surface area (Å²) >= 11 is 1.42. The van der Waals surface area contributed by atoms with E-state index in [2.05, 4.69) is 0 Å². The highest BCUT2D eigenvalue weighted by molar-refractivity contribution is 8.18. The second kappa shape index (κ2) is 11.1. The minimum atomic E-state index is -0.0511. The van der Waals surface area contributed by atoms with E-state index in [1.165, 1.54) is 18.2 Å². The van der Waals surface area contributed by atoms with Crippen molar-refractivity contribution in [2.75, 3.05) is 13.2 Å². The summed E-state index contributed by atoms with van der Waals surface area (Å²) in [5.41, 5.74) is 1.68. The van der Waals surface area contributed by atoms with Gasteiger partial charge in [-0.25, -0.2) is 4.99 Å². The van der Waals surface area contributed by atoms with Crippen LogP contribution in [0.3, 0.4) is 0 Å². The molecule has 7 heteroatoms. The molecule has 0 atom stereocenters. The molecular weight excluding hydrogens is 434 g/mol. The molecule has 1 saturated carbocycles. The second-order valence-corrected chi connectivity index (χ2v) is 8.90. The Bertz CT molecular complexity index is 1090. The lowest BCUT2D eigenvalue weighted by atomic mass is 9.94. The fourth-order valence-electron chi connectivity index (χ4n) is 4.10. The normalized spacial score (nSPS) is 19.2. The number of aliphatic imine (C=N–C) groups is 1. The van der Waals surface area contributed by atoms with Crippen LogP contribution in [0.1, 0.15) is 44.6 Å². The summed E-state index contributed by atoms with van der Waals surface area (Å²) in [5, 5.41) is 9.54. The number of hydrogen-bond acceptors (Lipinski definition) is 6. The van der Waals surface area contributed by atoms with Gasteiger partial charge < -0.3 is 9.47 Å². The van der Waals surface area contributed by atoms with Crippen molar-refractivity contribution in [2.24, 2.45) is 4.99 Å². The van der Waals surface area contributed by atoms with E-state index in [1.54, 1.807) is 6.07 Å². The topological polar surface area (TPSA) is 74.9 Å². The number of thioether (sulfide) groups is 1. The Morgan fingerprint density at radius 1 is 1.12 bits per heavy atom. The van der Waals surface area contributed by atoms with Gasteiger partial charge in [0.15, 0.2) is 23.3 Å². The smallest absolute Gasteiger partial charge is 0.267 e. The molecule has 2 fully saturated rings. The van der Waals surface area contributed by atoms with Crippen LogP contribution in [0.4, 0.5) is 5.69 Å². The molecular formula is C26H27N3O3S. The number of para-hydroxylation sites is 1. The van der Waals surface area contributed by atoms with Crippen molar-refractivity contribution in [2.45, 2.75) is 45.1 Å². The van der Waals surface area contributed by atoms with Gasteiger partial charge in [0.05, 0.1) is 17.2 Å². The molecule has 170 valence electrons. The van der Waals surface area contributed by atoms with Gasteiger partial charge in [-0.2, -0.15) is 5.26 Å². The molecule has 2 aromatic rings. The molecule has 6 nitrogen and oxygen atoms in total. The van der Waals surface area contributed by atoms with E-state index in [4.69, 9.17) is 19.7 Å². The molecule has 0 bridgehead atoms. The molecule has 1 amide bonds. The third-order valence-corrected chi connectivity index (χ3v) is 6.60. The Kier molecular flexibility index (Phi) is 7.69. The lowest BCUT2D eigenvalue weighted by molar-refractivity contribution is -0.124. The monoisotopic (exact) mass is 461 g/mol. The standard InChI is InChI=1S/C26H27N3O3S/c1-2-31-23-17-19(13-14-22(23)32-16-15-27)18-24-25(30)29(21-11-7-4-8-12-21)26(33-24)28-20-9-5-3-6-10-20/h3,5-6,9-10,13-14,17-18,21H,2,4,7-8,11-12,16H2,1H3/b24-18-,28-26?. The number of nitriles is 1. The first kappa shape index (κ1) is 22.9. The molecule has 0 unspecified atom stereocenters. The predicted molar refractivity (Wildman–Crippen MR) is 132 cm³/mol. The maximum absolute atomic E-state index is 13.5. The lowest BCUT2D eigenvalue weighted by Gasteiger charge is -2.30. The van der Waals surface area contributed by atoms with Crippen LogP contribution >= 0.6 is 11.8 Å². The van der Waals surface area contributed by atoms with Crippen molar-refractivity contribution < 1.29 is 14.3 Å². The minimum Gasteiger partial charge on any atom is -0.490 e. The van der Waals surface area contributed by atoms with Crippen LogP contribution in [0.2, 0.25) is 0 Å². The lowest BCUT2D eigenvalue weighted by Crippen LogP contribution is -2.40. The number of carbonyl (C=O) groups excluding carboxylic acids is 1. The van der Waals surface area contributed by atoms with Crippen molar-refractivity contribution >= 4 is 34.6 Å². The Balaban J connectivity index is 1.66. The minimum absolute atomic E-state index is 0.00403. The SMILES string of the molecule is CCOc1cc(/C=C2\SC(=Nc3ccccc3)N(C3CCCCC3)C2=O)ccc1OCC#N. The van der Waals surface area contributed by atoms with Crippen LogP contribution in [-0.2, 0) is 4.79 Å². The molecule has 1 heterocycles. The molecule has 2 aliphatic rings. The number of amides is 1. The van der Waals surface area contributed by atoms with Crippen molar-refractivity contribution in [3.05, 3.63) is 59.0 Å². The van der Waals surface area contributed by atoms with Crippen molar-refractivity contribution in [3.63, 3.8) is 0 Å². The molecule has 0 aromatic heterocycles. The third-order valence-electron chi connectivity index (χ3n) is 5.62. The van der Waals surface area contributed by atoms with E-state index in [-0.39, 0.29) is 18.6 Å². The fourth-order valence-corrected chi connectivity index (χ4v) is 5.16. The summed E-state index contributed by atoms with van der Waals surface area (Å²) in [6, 6.07) is 17.4. The number of ether oxygens (including phenoxy) is 2. The third kappa shape index (κ3) is 5.58. The van der Waals surface area contributed by atoms with Gasteiger partial charge in [0.1, 0.15) is 6.07 Å². The zero-order valence-electron chi connectivity index (χ0n) is 18.7. The summed E-state index contributed by atoms with van der Waals surface area (Å²) in [5.74, 6) is 1.07. The number of amidine groups is 1. The van der Waals surface area contributed by atoms with E-state index in [9.17, 15) is 4.79 Å². The highest BCUT2D eigenvalue weighted by Gasteiger charge is 2.38. The summed E-state index contributed by atoms with van der Waals surface area (Å²) in [6.45, 7) is 2.31. The largest absolute Gasteiger partial charge is 0.490 e. The van der Waals surface area contributed by atoms with Crippen LogP contribution < -0.4 is 9.47 Å². The number of rotatable bonds is 7. The molecule has 0 N–H and O–H groups in total. The first-order chi connectivity index (χ1) is 16.2. The van der Waals surface area contributed by atoms with Crippen LogP contribution in [0.5, 0.6) is 11.5 Å². The first-order valence-electron chi connectivity index (χ1n) is 11.3. The van der Waals surface area contributed by atoms with E-state index in [0.29, 0.717) is 23.0 Å². The highest BCUT2D eigenvalue weighted by Crippen LogP contribution is 2.39. The maximum atomic E-state index is 13.5. The van der Waals surface area contributed by atoms with Gasteiger partial charge in [-0.15, -0.1) is 0 Å². The summed E-state index contributed by atoms with van der Waals surface area (Å²) in [7, 11) is 0. The molecule has 1 saturated heterocycles. The zero-order chi connectivity index (χ0) is 23.0. The van der Waals surface area contributed by atoms with E-state index in [0.717, 1.165) is 42.1 Å². The molecule has 2 aromatic carbocycles. The van der Waals surface area contributed by atoms with Crippen LogP contribution in [0, 0.1) is 11.3 Å². The fraction of sp³-hybridized carbons (Fsp3) is 0.346. The first-order valence-corrected chi connectivity index (χ1v) is 12.1. The quantitative estimate of drug-likeness (QED) is 0.478. The second-order valence-electron chi connectivity index (χ2n) is 7.89. The van der Waals surface area contributed by atoms with E-state index in [1.807, 2.05) is 66.4 Å². The Morgan fingerprint density at radius 3 is 2.64 bits per heavy atom. The Labute approximate surface area is 198 Å². The Morgan fingerprint density at radius 2 is 1.91 bits per heavy atom. The summed E-state index contributed by atoms with van der Waals surface area (Å²) in [4.78, 5) is 20.9. The van der Waals surface area contributed by atoms with Crippen molar-refractivity contribution in [3.8, 4) is 17.6 Å². The zero-order valence-corrected chi connectivity index (χ0v) is 19.5. The number of carbonyl (C=O) groups is 1. The summed E-state index contributed by atoms with van der Waals surface area (Å²) in [6.07, 6.45) is 7.39. The van der Waals surface area contributed by atoms with Gasteiger partial charge in [-0.1, -0.05) is 43.5 Å². The van der Waals surface area contributed by atoms with Gasteiger partial charge >= 0.3 is 0 Å². The molecule has 0 radical (unpaired) electrons. The maximum Gasteiger partial charge on any atom is 0.267 e. The van der Waals surface area contributed by atoms with Crippen LogP contribution in [0.25, 0.3) is 6.08 Å². The van der Waals surface area contributed by atoms with Gasteiger partial charge in [-0.05, 0) is 67.4 Å². The van der Waals surface area contributed by atoms with Gasteiger partial charge in [0.25, 0.3) is 5.91 Å². The number of benzene rings is 2. The predicted octanol–water partition coefficient (Wildman–Crippen LogP) is 5.92. The molecule has 33 heavy (non-hydrogen) atoms. The number of nitrogens with zero attached hydrogens (tertiary/aromatic N) is 3. The molecule has 0 spiro atoms. The Hall–Kier alpha value is -3.24. The van der Waals surface area contributed by atoms with Gasteiger partial charge in [0.2, 0.25) is 0 Å².